The Balaban J connectivity index is 5.20. The normalized spacial score (nSPS) is 13.1. The van der Waals surface area contributed by atoms with Gasteiger partial charge >= 0.3 is 13.6 Å². The first-order valence-electron chi connectivity index (χ1n) is 6.52. The van der Waals surface area contributed by atoms with Crippen molar-refractivity contribution < 1.29 is 27.9 Å². The van der Waals surface area contributed by atoms with E-state index in [2.05, 4.69) is 0 Å². The second-order valence-electron chi connectivity index (χ2n) is 3.74. The first-order valence-corrected chi connectivity index (χ1v) is 8.13. The topological polar surface area (TPSA) is 78.9 Å². The highest BCUT2D eigenvalue weighted by Crippen LogP contribution is 2.54. The summed E-state index contributed by atoms with van der Waals surface area (Å²) in [5.74, 6) is -0.896. The van der Waals surface area contributed by atoms with Crippen LogP contribution >= 0.6 is 7.60 Å². The lowest BCUT2D eigenvalue weighted by molar-refractivity contribution is -0.144. The van der Waals surface area contributed by atoms with Gasteiger partial charge in [-0.1, -0.05) is 6.92 Å². The van der Waals surface area contributed by atoms with E-state index in [0.29, 0.717) is 0 Å². The van der Waals surface area contributed by atoms with Gasteiger partial charge < -0.3 is 13.8 Å². The van der Waals surface area contributed by atoms with Gasteiger partial charge in [0.25, 0.3) is 0 Å². The third-order valence-electron chi connectivity index (χ3n) is 2.37. The maximum absolute atomic E-state index is 12.6. The number of rotatable bonds is 10. The monoisotopic (exact) mass is 294 g/mol. The van der Waals surface area contributed by atoms with Crippen molar-refractivity contribution in [1.29, 1.82) is 0 Å². The van der Waals surface area contributed by atoms with Gasteiger partial charge in [0.15, 0.2) is 5.66 Å². The standard InChI is InChI=1S/C12H23O6P/c1-5-10(13)9-11(12(14)16-6-2)19(15,17-7-3)18-8-4/h11H,5-9H2,1-4H3. The molecule has 6 nitrogen and oxygen atoms in total. The Kier molecular flexibility index (Phi) is 8.89. The molecule has 0 radical (unpaired) electrons. The molecule has 0 aliphatic rings. The summed E-state index contributed by atoms with van der Waals surface area (Å²) in [6.07, 6.45) is 0.0702. The first kappa shape index (κ1) is 18.3. The molecule has 0 bridgehead atoms. The Morgan fingerprint density at radius 1 is 1.00 bits per heavy atom. The van der Waals surface area contributed by atoms with Crippen LogP contribution in [0.2, 0.25) is 0 Å². The molecule has 0 aliphatic carbocycles. The minimum atomic E-state index is -3.68. The molecule has 0 saturated carbocycles. The highest BCUT2D eigenvalue weighted by molar-refractivity contribution is 7.55. The van der Waals surface area contributed by atoms with Gasteiger partial charge in [0, 0.05) is 12.8 Å². The van der Waals surface area contributed by atoms with Gasteiger partial charge in [-0.25, -0.2) is 0 Å². The molecule has 0 aromatic heterocycles. The Hall–Kier alpha value is -0.710. The molecule has 0 amide bonds. The molecule has 0 fully saturated rings. The number of ether oxygens (including phenoxy) is 1. The van der Waals surface area contributed by atoms with Crippen LogP contribution in [-0.4, -0.2) is 37.2 Å². The maximum atomic E-state index is 12.6. The number of esters is 1. The average molecular weight is 294 g/mol. The Morgan fingerprint density at radius 3 is 1.89 bits per heavy atom. The number of hydrogen-bond acceptors (Lipinski definition) is 6. The summed E-state index contributed by atoms with van der Waals surface area (Å²) in [5.41, 5.74) is -1.18. The zero-order valence-corrected chi connectivity index (χ0v) is 12.9. The molecule has 0 heterocycles. The van der Waals surface area contributed by atoms with Crippen molar-refractivity contribution in [2.24, 2.45) is 0 Å². The van der Waals surface area contributed by atoms with Gasteiger partial charge in [-0.3, -0.25) is 14.2 Å². The fourth-order valence-electron chi connectivity index (χ4n) is 1.50. The van der Waals surface area contributed by atoms with E-state index >= 15 is 0 Å². The molecule has 0 aromatic carbocycles. The predicted molar refractivity (Wildman–Crippen MR) is 71.2 cm³/mol. The predicted octanol–water partition coefficient (Wildman–Crippen LogP) is 2.55. The quantitative estimate of drug-likeness (QED) is 0.455. The molecule has 1 atom stereocenters. The summed E-state index contributed by atoms with van der Waals surface area (Å²) in [6.45, 7) is 7.03. The first-order chi connectivity index (χ1) is 8.95. The summed E-state index contributed by atoms with van der Waals surface area (Å²) in [4.78, 5) is 23.4. The van der Waals surface area contributed by atoms with Crippen LogP contribution < -0.4 is 0 Å². The molecule has 0 saturated heterocycles. The maximum Gasteiger partial charge on any atom is 0.345 e. The van der Waals surface area contributed by atoms with Gasteiger partial charge in [0.2, 0.25) is 0 Å². The van der Waals surface area contributed by atoms with Gasteiger partial charge in [-0.15, -0.1) is 0 Å². The number of carbonyl (C=O) groups is 2. The van der Waals surface area contributed by atoms with E-state index in [4.69, 9.17) is 13.8 Å². The molecule has 7 heteroatoms. The van der Waals surface area contributed by atoms with Gasteiger partial charge in [-0.2, -0.15) is 0 Å². The van der Waals surface area contributed by atoms with Crippen LogP contribution in [0.5, 0.6) is 0 Å². The third kappa shape index (κ3) is 5.85. The minimum Gasteiger partial charge on any atom is -0.465 e. The molecule has 0 N–H and O–H groups in total. The van der Waals surface area contributed by atoms with Gasteiger partial charge in [0.1, 0.15) is 5.78 Å². The molecular formula is C12H23O6P. The van der Waals surface area contributed by atoms with E-state index < -0.39 is 19.2 Å². The van der Waals surface area contributed by atoms with E-state index in [1.165, 1.54) is 0 Å². The zero-order valence-electron chi connectivity index (χ0n) is 12.0. The van der Waals surface area contributed by atoms with Crippen molar-refractivity contribution in [3.05, 3.63) is 0 Å². The zero-order chi connectivity index (χ0) is 14.9. The Bertz CT molecular complexity index is 331. The van der Waals surface area contributed by atoms with Crippen molar-refractivity contribution in [3.8, 4) is 0 Å². The molecule has 0 spiro atoms. The summed E-state index contributed by atoms with van der Waals surface area (Å²) < 4.78 is 27.7. The van der Waals surface area contributed by atoms with Crippen LogP contribution in [0.1, 0.15) is 40.5 Å². The van der Waals surface area contributed by atoms with E-state index in [1.807, 2.05) is 0 Å². The molecule has 112 valence electrons. The van der Waals surface area contributed by atoms with Crippen LogP contribution in [-0.2, 0) is 27.9 Å². The molecular weight excluding hydrogens is 271 g/mol. The molecule has 0 aromatic rings. The van der Waals surface area contributed by atoms with E-state index in [9.17, 15) is 14.2 Å². The van der Waals surface area contributed by atoms with Crippen LogP contribution in [0.4, 0.5) is 0 Å². The largest absolute Gasteiger partial charge is 0.465 e. The van der Waals surface area contributed by atoms with Gasteiger partial charge in [-0.05, 0) is 20.8 Å². The van der Waals surface area contributed by atoms with E-state index in [-0.39, 0.29) is 38.4 Å². The summed E-state index contributed by atoms with van der Waals surface area (Å²) in [7, 11) is -3.68. The van der Waals surface area contributed by atoms with Crippen molar-refractivity contribution >= 4 is 19.3 Å². The smallest absolute Gasteiger partial charge is 0.345 e. The molecule has 19 heavy (non-hydrogen) atoms. The van der Waals surface area contributed by atoms with Crippen molar-refractivity contribution in [2.75, 3.05) is 19.8 Å². The van der Waals surface area contributed by atoms with E-state index in [1.54, 1.807) is 27.7 Å². The fourth-order valence-corrected chi connectivity index (χ4v) is 3.41. The lowest BCUT2D eigenvalue weighted by Gasteiger charge is -2.24. The van der Waals surface area contributed by atoms with Crippen molar-refractivity contribution in [3.63, 3.8) is 0 Å². The Morgan fingerprint density at radius 2 is 1.53 bits per heavy atom. The van der Waals surface area contributed by atoms with Crippen LogP contribution in [0.3, 0.4) is 0 Å². The molecule has 1 unspecified atom stereocenters. The van der Waals surface area contributed by atoms with Crippen LogP contribution in [0, 0.1) is 0 Å². The highest BCUT2D eigenvalue weighted by atomic mass is 31.2. The summed E-state index contributed by atoms with van der Waals surface area (Å²) in [5, 5.41) is 0. The Labute approximate surface area is 114 Å². The second kappa shape index (κ2) is 9.23. The second-order valence-corrected chi connectivity index (χ2v) is 5.96. The minimum absolute atomic E-state index is 0.132. The molecule has 0 rings (SSSR count). The number of carbonyl (C=O) groups excluding carboxylic acids is 2. The average Bonchev–Trinajstić information content (AvgIpc) is 2.36. The van der Waals surface area contributed by atoms with Crippen molar-refractivity contribution in [1.82, 2.24) is 0 Å². The number of hydrogen-bond donors (Lipinski definition) is 0. The van der Waals surface area contributed by atoms with Crippen molar-refractivity contribution in [2.45, 2.75) is 46.2 Å². The molecule has 0 aliphatic heterocycles. The fraction of sp³-hybridized carbons (Fsp3) is 0.833. The van der Waals surface area contributed by atoms with E-state index in [0.717, 1.165) is 0 Å². The highest BCUT2D eigenvalue weighted by Gasteiger charge is 2.43. The van der Waals surface area contributed by atoms with Crippen LogP contribution in [0.15, 0.2) is 0 Å². The SMILES string of the molecule is CCOC(=O)C(CC(=O)CC)P(=O)(OCC)OCC. The lowest BCUT2D eigenvalue weighted by atomic mass is 10.2. The summed E-state index contributed by atoms with van der Waals surface area (Å²) >= 11 is 0. The number of ketones is 1. The van der Waals surface area contributed by atoms with Crippen LogP contribution in [0.25, 0.3) is 0 Å². The third-order valence-corrected chi connectivity index (χ3v) is 4.77. The van der Waals surface area contributed by atoms with Gasteiger partial charge in [0.05, 0.1) is 19.8 Å². The number of Topliss-reactive ketones (excluding diaryl/α,β-unsaturated/α-hetero) is 1. The lowest BCUT2D eigenvalue weighted by Crippen LogP contribution is -2.28. The summed E-state index contributed by atoms with van der Waals surface area (Å²) in [6, 6.07) is 0.